The first-order valence-corrected chi connectivity index (χ1v) is 15.7. The van der Waals surface area contributed by atoms with Crippen LogP contribution >= 0.6 is 0 Å². The van der Waals surface area contributed by atoms with Crippen LogP contribution < -0.4 is 10.4 Å². The van der Waals surface area contributed by atoms with E-state index < -0.39 is 52.1 Å². The van der Waals surface area contributed by atoms with Crippen molar-refractivity contribution in [2.45, 2.75) is 104 Å². The highest BCUT2D eigenvalue weighted by Crippen LogP contribution is 2.67. The summed E-state index contributed by atoms with van der Waals surface area (Å²) in [4.78, 5) is 42.2. The summed E-state index contributed by atoms with van der Waals surface area (Å²) >= 11 is 0. The smallest absolute Gasteiger partial charge is 0.345 e. The number of aliphatic hydroxyl groups is 1. The van der Waals surface area contributed by atoms with Crippen LogP contribution in [-0.4, -0.2) is 53.1 Å². The minimum Gasteiger partial charge on any atom is -0.482 e. The zero-order valence-electron chi connectivity index (χ0n) is 26.6. The van der Waals surface area contributed by atoms with Gasteiger partial charge in [0.2, 0.25) is 0 Å². The molecule has 44 heavy (non-hydrogen) atoms. The van der Waals surface area contributed by atoms with Gasteiger partial charge in [0.1, 0.15) is 28.8 Å². The third kappa shape index (κ3) is 5.55. The Morgan fingerprint density at radius 3 is 2.57 bits per heavy atom. The second-order valence-corrected chi connectivity index (χ2v) is 13.4. The summed E-state index contributed by atoms with van der Waals surface area (Å²) < 4.78 is 30.6. The first-order valence-electron chi connectivity index (χ1n) is 15.7. The average molecular weight is 612 g/mol. The summed E-state index contributed by atoms with van der Waals surface area (Å²) in [6, 6.07) is 5.10. The molecule has 3 aliphatic rings. The molecule has 240 valence electrons. The Morgan fingerprint density at radius 2 is 1.91 bits per heavy atom. The second kappa shape index (κ2) is 12.3. The van der Waals surface area contributed by atoms with Gasteiger partial charge in [-0.1, -0.05) is 33.6 Å². The van der Waals surface area contributed by atoms with E-state index in [9.17, 15) is 19.5 Å². The van der Waals surface area contributed by atoms with Crippen molar-refractivity contribution in [1.29, 1.82) is 0 Å². The number of fused-ring (bicyclic) bond motifs is 4. The fraction of sp³-hybridized carbons (Fsp3) is 0.647. The van der Waals surface area contributed by atoms with Gasteiger partial charge in [0.25, 0.3) is 0 Å². The van der Waals surface area contributed by atoms with E-state index in [-0.39, 0.29) is 35.7 Å². The summed E-state index contributed by atoms with van der Waals surface area (Å²) in [5.41, 5.74) is -2.53. The number of carbonyl (C=O) groups excluding carboxylic acids is 2. The molecule has 10 heteroatoms. The van der Waals surface area contributed by atoms with E-state index in [1.54, 1.807) is 30.6 Å². The molecule has 1 N–H and O–H groups in total. The normalized spacial score (nSPS) is 34.1. The van der Waals surface area contributed by atoms with Crippen molar-refractivity contribution in [3.05, 3.63) is 46.6 Å². The fourth-order valence-corrected chi connectivity index (χ4v) is 8.50. The van der Waals surface area contributed by atoms with Gasteiger partial charge in [0.15, 0.2) is 0 Å². The maximum absolute atomic E-state index is 13.5. The Bertz CT molecular complexity index is 1430. The monoisotopic (exact) mass is 611 g/mol. The lowest BCUT2D eigenvalue weighted by molar-refractivity contribution is -0.273. The fourth-order valence-electron chi connectivity index (χ4n) is 8.50. The van der Waals surface area contributed by atoms with Crippen LogP contribution in [0.4, 0.5) is 0 Å². The van der Waals surface area contributed by atoms with Crippen LogP contribution in [0.2, 0.25) is 0 Å². The highest BCUT2D eigenvalue weighted by Gasteiger charge is 2.70. The molecule has 2 aromatic rings. The van der Waals surface area contributed by atoms with Gasteiger partial charge in [-0.05, 0) is 56.1 Å². The van der Waals surface area contributed by atoms with Crippen LogP contribution in [0, 0.1) is 22.7 Å². The number of pyridine rings is 1. The summed E-state index contributed by atoms with van der Waals surface area (Å²) in [7, 11) is 0. The summed E-state index contributed by atoms with van der Waals surface area (Å²) in [6.45, 7) is 11.6. The minimum atomic E-state index is -1.27. The largest absolute Gasteiger partial charge is 0.482 e. The molecule has 0 radical (unpaired) electrons. The van der Waals surface area contributed by atoms with Gasteiger partial charge in [-0.25, -0.2) is 4.79 Å². The molecule has 3 heterocycles. The molecule has 5 rings (SSSR count). The summed E-state index contributed by atoms with van der Waals surface area (Å²) in [5.74, 6) is -1.29. The molecule has 0 aromatic carbocycles. The van der Waals surface area contributed by atoms with Crippen LogP contribution in [-0.2, 0) is 23.8 Å². The topological polar surface area (TPSA) is 134 Å². The SMILES string of the molecule is CCCCCO[C@H]1CC[C@@]2(C)[C@@H](C[C@H](OC(C)=O)[C@@]3(C)Oc4cc(-c5cccnc5)oc(=O)c4[C@H](O)[C@H]23)[C@]1(C)COC(C)=O. The molecular weight excluding hydrogens is 566 g/mol. The van der Waals surface area contributed by atoms with Crippen LogP contribution in [0.1, 0.15) is 91.7 Å². The molecule has 8 atom stereocenters. The quantitative estimate of drug-likeness (QED) is 0.290. The van der Waals surface area contributed by atoms with Crippen molar-refractivity contribution in [3.63, 3.8) is 0 Å². The van der Waals surface area contributed by atoms with E-state index in [1.807, 2.05) is 6.92 Å². The van der Waals surface area contributed by atoms with Gasteiger partial charge >= 0.3 is 17.6 Å². The van der Waals surface area contributed by atoms with Gasteiger partial charge in [0.05, 0.1) is 18.8 Å². The molecule has 10 nitrogen and oxygen atoms in total. The van der Waals surface area contributed by atoms with Crippen LogP contribution in [0.25, 0.3) is 11.3 Å². The lowest BCUT2D eigenvalue weighted by atomic mass is 9.42. The van der Waals surface area contributed by atoms with Crippen molar-refractivity contribution in [1.82, 2.24) is 4.98 Å². The number of aliphatic hydroxyl groups excluding tert-OH is 1. The number of hydrogen-bond acceptors (Lipinski definition) is 10. The Morgan fingerprint density at radius 1 is 1.14 bits per heavy atom. The van der Waals surface area contributed by atoms with Crippen molar-refractivity contribution in [2.24, 2.45) is 22.7 Å². The van der Waals surface area contributed by atoms with Crippen molar-refractivity contribution in [3.8, 4) is 17.1 Å². The highest BCUT2D eigenvalue weighted by atomic mass is 16.6. The maximum atomic E-state index is 13.5. The van der Waals surface area contributed by atoms with Crippen LogP contribution in [0.15, 0.2) is 39.8 Å². The van der Waals surface area contributed by atoms with E-state index in [1.165, 1.54) is 13.8 Å². The predicted molar refractivity (Wildman–Crippen MR) is 161 cm³/mol. The third-order valence-electron chi connectivity index (χ3n) is 10.5. The molecule has 0 spiro atoms. The van der Waals surface area contributed by atoms with E-state index in [0.717, 1.165) is 19.3 Å². The van der Waals surface area contributed by atoms with E-state index >= 15 is 0 Å². The number of nitrogens with zero attached hydrogens (tertiary/aromatic N) is 1. The Balaban J connectivity index is 1.61. The minimum absolute atomic E-state index is 0.0446. The standard InChI is InChI=1S/C34H45NO9/c1-7-8-9-15-40-26-12-13-32(4)25(33(26,5)19-41-20(2)36)17-27(42-21(3)37)34(6)30(32)29(38)28-24(44-34)16-23(43-31(28)39)22-11-10-14-35-18-22/h10-11,14,16,18,25-27,29-30,38H,7-9,12-13,15,17,19H2,1-6H3/t25-,26+,27+,29+,30-,32+,33+,34-/m1/s1. The van der Waals surface area contributed by atoms with Gasteiger partial charge in [-0.3, -0.25) is 14.6 Å². The first kappa shape index (κ1) is 32.2. The van der Waals surface area contributed by atoms with Crippen molar-refractivity contribution in [2.75, 3.05) is 13.2 Å². The number of unbranched alkanes of at least 4 members (excludes halogenated alkanes) is 2. The first-order chi connectivity index (χ1) is 20.8. The Kier molecular flexibility index (Phi) is 8.97. The molecular formula is C34H45NO9. The number of aromatic nitrogens is 1. The van der Waals surface area contributed by atoms with E-state index in [4.69, 9.17) is 23.4 Å². The van der Waals surface area contributed by atoms with Crippen molar-refractivity contribution < 1.29 is 38.1 Å². The molecule has 0 bridgehead atoms. The van der Waals surface area contributed by atoms with Crippen molar-refractivity contribution >= 4 is 11.9 Å². The molecule has 1 aliphatic heterocycles. The maximum Gasteiger partial charge on any atom is 0.345 e. The average Bonchev–Trinajstić information content (AvgIpc) is 2.96. The molecule has 0 amide bonds. The lowest BCUT2D eigenvalue weighted by Crippen LogP contribution is -2.71. The zero-order chi connectivity index (χ0) is 31.9. The molecule has 2 saturated carbocycles. The van der Waals surface area contributed by atoms with Crippen LogP contribution in [0.5, 0.6) is 5.75 Å². The summed E-state index contributed by atoms with van der Waals surface area (Å²) in [6.07, 6.45) is 5.71. The van der Waals surface area contributed by atoms with Gasteiger partial charge < -0.3 is 28.5 Å². The number of hydrogen-bond donors (Lipinski definition) is 1. The zero-order valence-corrected chi connectivity index (χ0v) is 26.6. The Hall–Kier alpha value is -3.24. The second-order valence-electron chi connectivity index (χ2n) is 13.4. The van der Waals surface area contributed by atoms with Gasteiger partial charge in [0, 0.05) is 55.8 Å². The Labute approximate surface area is 258 Å². The number of rotatable bonds is 9. The van der Waals surface area contributed by atoms with Gasteiger partial charge in [-0.2, -0.15) is 0 Å². The van der Waals surface area contributed by atoms with E-state index in [0.29, 0.717) is 31.4 Å². The molecule has 2 aromatic heterocycles. The summed E-state index contributed by atoms with van der Waals surface area (Å²) in [5, 5.41) is 12.2. The third-order valence-corrected chi connectivity index (χ3v) is 10.5. The lowest BCUT2D eigenvalue weighted by Gasteiger charge is -2.66. The number of carbonyl (C=O) groups is 2. The number of ether oxygens (including phenoxy) is 4. The molecule has 0 saturated heterocycles. The molecule has 2 fully saturated rings. The van der Waals surface area contributed by atoms with Gasteiger partial charge in [-0.15, -0.1) is 0 Å². The van der Waals surface area contributed by atoms with Crippen LogP contribution in [0.3, 0.4) is 0 Å². The molecule has 0 unspecified atom stereocenters. The molecule has 2 aliphatic carbocycles. The highest BCUT2D eigenvalue weighted by molar-refractivity contribution is 5.66. The predicted octanol–water partition coefficient (Wildman–Crippen LogP) is 5.40. The number of esters is 2. The van der Waals surface area contributed by atoms with E-state index in [2.05, 4.69) is 25.8 Å².